The number of hydrogen-bond acceptors (Lipinski definition) is 1. The number of hydrogen-bond donors (Lipinski definition) is 0. The van der Waals surface area contributed by atoms with Crippen LogP contribution in [0.2, 0.25) is 0 Å². The van der Waals surface area contributed by atoms with Crippen LogP contribution in [0.15, 0.2) is 24.3 Å². The van der Waals surface area contributed by atoms with Crippen LogP contribution in [0.5, 0.6) is 0 Å². The summed E-state index contributed by atoms with van der Waals surface area (Å²) >= 11 is 0. The number of ketones is 1. The molecule has 0 fully saturated rings. The fourth-order valence-electron chi connectivity index (χ4n) is 1.39. The third-order valence-corrected chi connectivity index (χ3v) is 2.41. The Morgan fingerprint density at radius 3 is 2.21 bits per heavy atom. The van der Waals surface area contributed by atoms with Crippen molar-refractivity contribution in [3.8, 4) is 0 Å². The third kappa shape index (κ3) is 3.33. The second-order valence-corrected chi connectivity index (χ2v) is 4.10. The Morgan fingerprint density at radius 1 is 1.21 bits per heavy atom. The van der Waals surface area contributed by atoms with Gasteiger partial charge >= 0.3 is 0 Å². The standard InChI is InChI=1S/C13H18O/c1-10(2)13-8-6-12(7-9-13)5-4-11(3)14/h6-10H,4-5H2,1-3H3. The maximum atomic E-state index is 10.8. The van der Waals surface area contributed by atoms with E-state index in [-0.39, 0.29) is 5.78 Å². The monoisotopic (exact) mass is 190 g/mol. The number of aryl methyl sites for hydroxylation is 1. The topological polar surface area (TPSA) is 17.1 Å². The highest BCUT2D eigenvalue weighted by Crippen LogP contribution is 2.15. The zero-order valence-corrected chi connectivity index (χ0v) is 9.21. The van der Waals surface area contributed by atoms with Gasteiger partial charge in [-0.15, -0.1) is 0 Å². The van der Waals surface area contributed by atoms with Crippen molar-refractivity contribution in [2.45, 2.75) is 39.5 Å². The van der Waals surface area contributed by atoms with Gasteiger partial charge in [0.15, 0.2) is 0 Å². The van der Waals surface area contributed by atoms with Crippen LogP contribution >= 0.6 is 0 Å². The summed E-state index contributed by atoms with van der Waals surface area (Å²) in [5.41, 5.74) is 2.61. The van der Waals surface area contributed by atoms with E-state index in [2.05, 4.69) is 38.1 Å². The number of rotatable bonds is 4. The van der Waals surface area contributed by atoms with Crippen molar-refractivity contribution in [3.05, 3.63) is 35.4 Å². The Morgan fingerprint density at radius 2 is 1.79 bits per heavy atom. The van der Waals surface area contributed by atoms with Crippen LogP contribution in [-0.4, -0.2) is 5.78 Å². The minimum Gasteiger partial charge on any atom is -0.300 e. The lowest BCUT2D eigenvalue weighted by atomic mass is 10.00. The molecule has 1 rings (SSSR count). The van der Waals surface area contributed by atoms with Crippen molar-refractivity contribution in [1.29, 1.82) is 0 Å². The minimum atomic E-state index is 0.262. The molecule has 1 aromatic rings. The van der Waals surface area contributed by atoms with Crippen LogP contribution < -0.4 is 0 Å². The summed E-state index contributed by atoms with van der Waals surface area (Å²) < 4.78 is 0. The molecule has 0 atom stereocenters. The Bertz CT molecular complexity index is 296. The molecule has 1 heteroatoms. The molecule has 0 saturated heterocycles. The molecule has 0 aliphatic carbocycles. The molecule has 0 bridgehead atoms. The fourth-order valence-corrected chi connectivity index (χ4v) is 1.39. The highest BCUT2D eigenvalue weighted by atomic mass is 16.1. The van der Waals surface area contributed by atoms with Crippen LogP contribution in [0.3, 0.4) is 0 Å². The van der Waals surface area contributed by atoms with Gasteiger partial charge in [0.1, 0.15) is 5.78 Å². The second-order valence-electron chi connectivity index (χ2n) is 4.10. The average molecular weight is 190 g/mol. The highest BCUT2D eigenvalue weighted by molar-refractivity contribution is 5.75. The maximum absolute atomic E-state index is 10.8. The Kier molecular flexibility index (Phi) is 3.87. The first-order chi connectivity index (χ1) is 6.59. The molecular formula is C13H18O. The van der Waals surface area contributed by atoms with E-state index in [9.17, 15) is 4.79 Å². The van der Waals surface area contributed by atoms with E-state index < -0.39 is 0 Å². The van der Waals surface area contributed by atoms with E-state index in [1.54, 1.807) is 6.92 Å². The average Bonchev–Trinajstić information content (AvgIpc) is 2.15. The quantitative estimate of drug-likeness (QED) is 0.711. The third-order valence-electron chi connectivity index (χ3n) is 2.41. The molecule has 1 aromatic carbocycles. The first kappa shape index (κ1) is 11.0. The predicted molar refractivity (Wildman–Crippen MR) is 59.5 cm³/mol. The van der Waals surface area contributed by atoms with Crippen molar-refractivity contribution in [3.63, 3.8) is 0 Å². The van der Waals surface area contributed by atoms with Gasteiger partial charge in [-0.3, -0.25) is 0 Å². The van der Waals surface area contributed by atoms with Gasteiger partial charge < -0.3 is 4.79 Å². The smallest absolute Gasteiger partial charge is 0.130 e. The van der Waals surface area contributed by atoms with E-state index in [1.807, 2.05) is 0 Å². The Balaban J connectivity index is 2.59. The van der Waals surface area contributed by atoms with E-state index in [1.165, 1.54) is 11.1 Å². The van der Waals surface area contributed by atoms with Crippen LogP contribution in [-0.2, 0) is 11.2 Å². The number of benzene rings is 1. The lowest BCUT2D eigenvalue weighted by Gasteiger charge is -2.06. The number of carbonyl (C=O) groups excluding carboxylic acids is 1. The van der Waals surface area contributed by atoms with Gasteiger partial charge in [0, 0.05) is 6.42 Å². The first-order valence-electron chi connectivity index (χ1n) is 5.18. The van der Waals surface area contributed by atoms with E-state index in [4.69, 9.17) is 0 Å². The largest absolute Gasteiger partial charge is 0.300 e. The summed E-state index contributed by atoms with van der Waals surface area (Å²) in [4.78, 5) is 10.8. The van der Waals surface area contributed by atoms with Gasteiger partial charge in [0.05, 0.1) is 0 Å². The molecule has 0 saturated carbocycles. The Hall–Kier alpha value is -1.11. The van der Waals surface area contributed by atoms with Crippen LogP contribution in [0, 0.1) is 0 Å². The minimum absolute atomic E-state index is 0.262. The van der Waals surface area contributed by atoms with Crippen LogP contribution in [0.1, 0.15) is 44.2 Å². The van der Waals surface area contributed by atoms with Gasteiger partial charge in [-0.1, -0.05) is 38.1 Å². The lowest BCUT2D eigenvalue weighted by Crippen LogP contribution is -1.94. The first-order valence-corrected chi connectivity index (χ1v) is 5.18. The molecule has 1 nitrogen and oxygen atoms in total. The maximum Gasteiger partial charge on any atom is 0.130 e. The van der Waals surface area contributed by atoms with Crippen molar-refractivity contribution in [2.75, 3.05) is 0 Å². The molecule has 0 unspecified atom stereocenters. The molecule has 0 spiro atoms. The van der Waals surface area contributed by atoms with Crippen molar-refractivity contribution >= 4 is 5.78 Å². The normalized spacial score (nSPS) is 10.6. The van der Waals surface area contributed by atoms with E-state index in [0.717, 1.165) is 6.42 Å². The van der Waals surface area contributed by atoms with Gasteiger partial charge in [-0.05, 0) is 30.4 Å². The predicted octanol–water partition coefficient (Wildman–Crippen LogP) is 3.33. The van der Waals surface area contributed by atoms with Gasteiger partial charge in [0.25, 0.3) is 0 Å². The van der Waals surface area contributed by atoms with Crippen molar-refractivity contribution < 1.29 is 4.79 Å². The molecule has 0 aromatic heterocycles. The lowest BCUT2D eigenvalue weighted by molar-refractivity contribution is -0.116. The highest BCUT2D eigenvalue weighted by Gasteiger charge is 1.99. The summed E-state index contributed by atoms with van der Waals surface area (Å²) in [6, 6.07) is 8.55. The molecule has 0 N–H and O–H groups in total. The van der Waals surface area contributed by atoms with Crippen molar-refractivity contribution in [2.24, 2.45) is 0 Å². The second kappa shape index (κ2) is 4.94. The molecule has 0 amide bonds. The summed E-state index contributed by atoms with van der Waals surface area (Å²) in [6.45, 7) is 6.01. The number of carbonyl (C=O) groups is 1. The number of Topliss-reactive ketones (excluding diaryl/α,β-unsaturated/α-hetero) is 1. The molecule has 0 heterocycles. The molecule has 14 heavy (non-hydrogen) atoms. The van der Waals surface area contributed by atoms with Gasteiger partial charge in [-0.2, -0.15) is 0 Å². The van der Waals surface area contributed by atoms with Crippen LogP contribution in [0.25, 0.3) is 0 Å². The SMILES string of the molecule is CC(=O)CCc1ccc(C(C)C)cc1. The summed E-state index contributed by atoms with van der Waals surface area (Å²) in [5, 5.41) is 0. The molecular weight excluding hydrogens is 172 g/mol. The fraction of sp³-hybridized carbons (Fsp3) is 0.462. The van der Waals surface area contributed by atoms with Gasteiger partial charge in [-0.25, -0.2) is 0 Å². The zero-order chi connectivity index (χ0) is 10.6. The zero-order valence-electron chi connectivity index (χ0n) is 9.21. The van der Waals surface area contributed by atoms with Crippen molar-refractivity contribution in [1.82, 2.24) is 0 Å². The van der Waals surface area contributed by atoms with Crippen LogP contribution in [0.4, 0.5) is 0 Å². The summed E-state index contributed by atoms with van der Waals surface area (Å²) in [6.07, 6.45) is 1.52. The van der Waals surface area contributed by atoms with E-state index >= 15 is 0 Å². The molecule has 0 radical (unpaired) electrons. The summed E-state index contributed by atoms with van der Waals surface area (Å²) in [5.74, 6) is 0.842. The Labute approximate surface area is 86.1 Å². The molecule has 0 aliphatic rings. The molecule has 76 valence electrons. The van der Waals surface area contributed by atoms with E-state index in [0.29, 0.717) is 12.3 Å². The summed E-state index contributed by atoms with van der Waals surface area (Å²) in [7, 11) is 0. The molecule has 0 aliphatic heterocycles. The van der Waals surface area contributed by atoms with Gasteiger partial charge in [0.2, 0.25) is 0 Å².